The third kappa shape index (κ3) is 3.89. The van der Waals surface area contributed by atoms with Crippen LogP contribution in [0.5, 0.6) is 11.5 Å². The van der Waals surface area contributed by atoms with Crippen molar-refractivity contribution in [3.8, 4) is 11.5 Å². The molecule has 1 aromatic carbocycles. The van der Waals surface area contributed by atoms with Gasteiger partial charge < -0.3 is 9.47 Å². The van der Waals surface area contributed by atoms with Crippen LogP contribution in [0.4, 0.5) is 0 Å². The molecule has 1 saturated carbocycles. The van der Waals surface area contributed by atoms with E-state index in [-0.39, 0.29) is 16.8 Å². The molecule has 1 atom stereocenters. The van der Waals surface area contributed by atoms with Crippen LogP contribution in [0.2, 0.25) is 0 Å². The molecule has 1 heterocycles. The lowest BCUT2D eigenvalue weighted by atomic mass is 9.81. The van der Waals surface area contributed by atoms with E-state index in [0.29, 0.717) is 32.2 Å². The Bertz CT molecular complexity index is 685. The molecular formula is C19H23NO4S. The van der Waals surface area contributed by atoms with Crippen molar-refractivity contribution in [3.05, 3.63) is 23.8 Å². The van der Waals surface area contributed by atoms with Gasteiger partial charge in [-0.05, 0) is 12.5 Å². The number of nitrogens with zero attached hydrogens (tertiary/aromatic N) is 1. The molecule has 0 aromatic heterocycles. The maximum absolute atomic E-state index is 12.3. The van der Waals surface area contributed by atoms with Crippen LogP contribution in [0.1, 0.15) is 36.5 Å². The van der Waals surface area contributed by atoms with Crippen molar-refractivity contribution in [3.63, 3.8) is 0 Å². The van der Waals surface area contributed by atoms with E-state index in [9.17, 15) is 9.59 Å². The second-order valence-corrected chi connectivity index (χ2v) is 7.57. The van der Waals surface area contributed by atoms with Crippen molar-refractivity contribution in [2.24, 2.45) is 10.9 Å². The van der Waals surface area contributed by atoms with Crippen LogP contribution in [0.25, 0.3) is 0 Å². The minimum Gasteiger partial charge on any atom is -0.497 e. The zero-order valence-electron chi connectivity index (χ0n) is 14.6. The summed E-state index contributed by atoms with van der Waals surface area (Å²) >= 11 is 1.79. The number of benzene rings is 1. The average Bonchev–Trinajstić information content (AvgIpc) is 2.87. The minimum absolute atomic E-state index is 0.0299. The molecule has 0 radical (unpaired) electrons. The second-order valence-electron chi connectivity index (χ2n) is 6.26. The van der Waals surface area contributed by atoms with Crippen LogP contribution in [0.3, 0.4) is 0 Å². The van der Waals surface area contributed by atoms with Gasteiger partial charge in [0.15, 0.2) is 0 Å². The highest BCUT2D eigenvalue weighted by Gasteiger charge is 2.36. The lowest BCUT2D eigenvalue weighted by Gasteiger charge is -2.24. The standard InChI is InChI=1S/C19H23NO4S/c1-23-12-6-7-13(17(10-12)24-2)18-11-14(20-8-9-25-18)19-15(21)4-3-5-16(19)22/h6-7,10,18-19H,3-5,8-9,11H2,1-2H3. The number of methoxy groups -OCH3 is 2. The molecule has 134 valence electrons. The smallest absolute Gasteiger partial charge is 0.149 e. The van der Waals surface area contributed by atoms with Gasteiger partial charge in [0.1, 0.15) is 29.0 Å². The van der Waals surface area contributed by atoms with Gasteiger partial charge in [-0.2, -0.15) is 11.8 Å². The SMILES string of the molecule is COc1ccc(C2CC(C3C(=O)CCCC3=O)=NCCS2)c(OC)c1. The maximum Gasteiger partial charge on any atom is 0.149 e. The predicted molar refractivity (Wildman–Crippen MR) is 99.0 cm³/mol. The molecule has 0 bridgehead atoms. The molecule has 1 aliphatic carbocycles. The topological polar surface area (TPSA) is 65.0 Å². The van der Waals surface area contributed by atoms with Crippen molar-refractivity contribution in [1.29, 1.82) is 0 Å². The molecule has 1 fully saturated rings. The van der Waals surface area contributed by atoms with E-state index in [0.717, 1.165) is 28.5 Å². The van der Waals surface area contributed by atoms with Gasteiger partial charge in [-0.3, -0.25) is 14.6 Å². The van der Waals surface area contributed by atoms with Crippen LogP contribution in [-0.4, -0.2) is 43.8 Å². The number of thioether (sulfide) groups is 1. The third-order valence-electron chi connectivity index (χ3n) is 4.73. The molecule has 1 unspecified atom stereocenters. The summed E-state index contributed by atoms with van der Waals surface area (Å²) in [7, 11) is 3.27. The fraction of sp³-hybridized carbons (Fsp3) is 0.526. The van der Waals surface area contributed by atoms with E-state index in [4.69, 9.17) is 9.47 Å². The normalized spacial score (nSPS) is 22.3. The number of carbonyl (C=O) groups is 2. The fourth-order valence-corrected chi connectivity index (χ4v) is 4.61. The molecule has 1 aromatic rings. The van der Waals surface area contributed by atoms with Gasteiger partial charge in [-0.15, -0.1) is 0 Å². The summed E-state index contributed by atoms with van der Waals surface area (Å²) in [5, 5.41) is 0.115. The molecule has 2 aliphatic rings. The summed E-state index contributed by atoms with van der Waals surface area (Å²) in [5.41, 5.74) is 1.81. The summed E-state index contributed by atoms with van der Waals surface area (Å²) in [6, 6.07) is 5.79. The average molecular weight is 361 g/mol. The maximum atomic E-state index is 12.3. The van der Waals surface area contributed by atoms with Crippen LogP contribution >= 0.6 is 11.8 Å². The lowest BCUT2D eigenvalue weighted by molar-refractivity contribution is -0.132. The van der Waals surface area contributed by atoms with Gasteiger partial charge in [-0.1, -0.05) is 6.07 Å². The molecular weight excluding hydrogens is 338 g/mol. The molecule has 0 saturated heterocycles. The Hall–Kier alpha value is -1.82. The van der Waals surface area contributed by atoms with Crippen molar-refractivity contribution < 1.29 is 19.1 Å². The van der Waals surface area contributed by atoms with Gasteiger partial charge >= 0.3 is 0 Å². The molecule has 3 rings (SSSR count). The third-order valence-corrected chi connectivity index (χ3v) is 5.97. The van der Waals surface area contributed by atoms with E-state index in [1.807, 2.05) is 18.2 Å². The largest absolute Gasteiger partial charge is 0.497 e. The molecule has 1 aliphatic heterocycles. The molecule has 0 N–H and O–H groups in total. The first-order chi connectivity index (χ1) is 12.1. The van der Waals surface area contributed by atoms with E-state index >= 15 is 0 Å². The Morgan fingerprint density at radius 2 is 1.88 bits per heavy atom. The highest BCUT2D eigenvalue weighted by Crippen LogP contribution is 2.41. The monoisotopic (exact) mass is 361 g/mol. The highest BCUT2D eigenvalue weighted by molar-refractivity contribution is 7.99. The second kappa shape index (κ2) is 8.04. The first-order valence-electron chi connectivity index (χ1n) is 8.56. The van der Waals surface area contributed by atoms with E-state index in [1.165, 1.54) is 0 Å². The number of hydrogen-bond acceptors (Lipinski definition) is 6. The molecule has 0 spiro atoms. The predicted octanol–water partition coefficient (Wildman–Crippen LogP) is 3.26. The Balaban J connectivity index is 1.88. The van der Waals surface area contributed by atoms with Gasteiger partial charge in [0.05, 0.1) is 14.2 Å². The Kier molecular flexibility index (Phi) is 5.78. The van der Waals surface area contributed by atoms with Crippen LogP contribution in [-0.2, 0) is 9.59 Å². The number of hydrogen-bond donors (Lipinski definition) is 0. The zero-order valence-corrected chi connectivity index (χ0v) is 15.4. The Morgan fingerprint density at radius 3 is 2.56 bits per heavy atom. The number of rotatable bonds is 4. The quantitative estimate of drug-likeness (QED) is 0.770. The van der Waals surface area contributed by atoms with Crippen LogP contribution < -0.4 is 9.47 Å². The Morgan fingerprint density at radius 1 is 1.12 bits per heavy atom. The summed E-state index contributed by atoms with van der Waals surface area (Å²) in [4.78, 5) is 29.2. The zero-order chi connectivity index (χ0) is 17.8. The summed E-state index contributed by atoms with van der Waals surface area (Å²) in [5.74, 6) is 1.80. The number of aliphatic imine (C=N–C) groups is 1. The summed E-state index contributed by atoms with van der Waals surface area (Å²) < 4.78 is 10.8. The molecule has 0 amide bonds. The van der Waals surface area contributed by atoms with Crippen molar-refractivity contribution in [2.75, 3.05) is 26.5 Å². The number of ether oxygens (including phenoxy) is 2. The van der Waals surface area contributed by atoms with Crippen LogP contribution in [0, 0.1) is 5.92 Å². The Labute approximate surface area is 152 Å². The highest BCUT2D eigenvalue weighted by atomic mass is 32.2. The number of carbonyl (C=O) groups excluding carboxylic acids is 2. The summed E-state index contributed by atoms with van der Waals surface area (Å²) in [6.07, 6.45) is 2.25. The van der Waals surface area contributed by atoms with Gasteiger partial charge in [0, 0.05) is 54.2 Å². The van der Waals surface area contributed by atoms with Crippen molar-refractivity contribution in [2.45, 2.75) is 30.9 Å². The summed E-state index contributed by atoms with van der Waals surface area (Å²) in [6.45, 7) is 0.645. The fourth-order valence-electron chi connectivity index (χ4n) is 3.47. The molecule has 6 heteroatoms. The van der Waals surface area contributed by atoms with E-state index < -0.39 is 5.92 Å². The van der Waals surface area contributed by atoms with Crippen molar-refractivity contribution in [1.82, 2.24) is 0 Å². The molecule has 5 nitrogen and oxygen atoms in total. The number of ketones is 2. The van der Waals surface area contributed by atoms with Gasteiger partial charge in [-0.25, -0.2) is 0 Å². The molecule has 25 heavy (non-hydrogen) atoms. The van der Waals surface area contributed by atoms with Gasteiger partial charge in [0.2, 0.25) is 0 Å². The first kappa shape index (κ1) is 18.0. The van der Waals surface area contributed by atoms with Crippen molar-refractivity contribution >= 4 is 29.0 Å². The van der Waals surface area contributed by atoms with Crippen LogP contribution in [0.15, 0.2) is 23.2 Å². The first-order valence-corrected chi connectivity index (χ1v) is 9.61. The minimum atomic E-state index is -0.626. The number of Topliss-reactive ketones (excluding diaryl/α,β-unsaturated/α-hetero) is 2. The van der Waals surface area contributed by atoms with Gasteiger partial charge in [0.25, 0.3) is 0 Å². The lowest BCUT2D eigenvalue weighted by Crippen LogP contribution is -2.35. The van der Waals surface area contributed by atoms with E-state index in [2.05, 4.69) is 4.99 Å². The van der Waals surface area contributed by atoms with E-state index in [1.54, 1.807) is 26.0 Å².